The van der Waals surface area contributed by atoms with E-state index in [9.17, 15) is 14.4 Å². The van der Waals surface area contributed by atoms with E-state index in [1.807, 2.05) is 18.2 Å². The maximum atomic E-state index is 11.8. The highest BCUT2D eigenvalue weighted by Gasteiger charge is 2.32. The van der Waals surface area contributed by atoms with E-state index in [1.165, 1.54) is 18.4 Å². The molecule has 122 valence electrons. The maximum absolute atomic E-state index is 11.8. The Bertz CT molecular complexity index is 651. The van der Waals surface area contributed by atoms with E-state index in [2.05, 4.69) is 10.2 Å². The van der Waals surface area contributed by atoms with Crippen LogP contribution in [0.3, 0.4) is 0 Å². The lowest BCUT2D eigenvalue weighted by molar-refractivity contribution is -0.149. The monoisotopic (exact) mass is 324 g/mol. The lowest BCUT2D eigenvalue weighted by Gasteiger charge is -2.02. The molecule has 1 heterocycles. The second kappa shape index (κ2) is 11.2. The highest BCUT2D eigenvalue weighted by molar-refractivity contribution is 6.19. The van der Waals surface area contributed by atoms with Gasteiger partial charge >= 0.3 is 5.97 Å². The number of hydrogen-bond donors (Lipinski definition) is 1. The molecule has 1 rings (SSSR count). The van der Waals surface area contributed by atoms with Gasteiger partial charge in [-0.25, -0.2) is 0 Å². The van der Waals surface area contributed by atoms with E-state index < -0.39 is 23.6 Å². The van der Waals surface area contributed by atoms with Crippen LogP contribution in [-0.2, 0) is 14.4 Å². The normalized spacial score (nSPS) is 28.6. The Morgan fingerprint density at radius 3 is 1.75 bits per heavy atom. The first-order valence-corrected chi connectivity index (χ1v) is 7.01. The summed E-state index contributed by atoms with van der Waals surface area (Å²) in [5, 5.41) is 15.7. The molecule has 0 aromatic carbocycles. The van der Waals surface area contributed by atoms with Crippen LogP contribution in [0.1, 0.15) is 0 Å². The van der Waals surface area contributed by atoms with Crippen molar-refractivity contribution in [1.82, 2.24) is 0 Å². The summed E-state index contributed by atoms with van der Waals surface area (Å²) < 4.78 is 0. The van der Waals surface area contributed by atoms with E-state index >= 15 is 0 Å². The van der Waals surface area contributed by atoms with Crippen LogP contribution in [0.5, 0.6) is 0 Å². The molecule has 1 unspecified atom stereocenters. The minimum atomic E-state index is -1.90. The van der Waals surface area contributed by atoms with Gasteiger partial charge in [-0.2, -0.15) is 5.11 Å². The summed E-state index contributed by atoms with van der Waals surface area (Å²) in [5.41, 5.74) is 0. The summed E-state index contributed by atoms with van der Waals surface area (Å²) in [6.07, 6.45) is 22.5. The number of aliphatic carboxylic acids is 1. The molecule has 0 aromatic heterocycles. The molecular weight excluding hydrogens is 308 g/mol. The molecule has 0 spiro atoms. The molecule has 0 radical (unpaired) electrons. The fourth-order valence-corrected chi connectivity index (χ4v) is 1.47. The van der Waals surface area contributed by atoms with Crippen LogP contribution < -0.4 is 0 Å². The average molecular weight is 324 g/mol. The number of hydrogen-bond acceptors (Lipinski definition) is 4. The second-order valence-electron chi connectivity index (χ2n) is 4.35. The Morgan fingerprint density at radius 2 is 1.25 bits per heavy atom. The Morgan fingerprint density at radius 1 is 0.792 bits per heavy atom. The average Bonchev–Trinajstić information content (AvgIpc) is 2.53. The van der Waals surface area contributed by atoms with Crippen molar-refractivity contribution in [3.05, 3.63) is 85.2 Å². The number of ketones is 1. The lowest BCUT2D eigenvalue weighted by Crippen LogP contribution is -2.29. The third-order valence-electron chi connectivity index (χ3n) is 2.57. The van der Waals surface area contributed by atoms with Crippen LogP contribution in [-0.4, -0.2) is 22.8 Å². The molecule has 1 aliphatic rings. The van der Waals surface area contributed by atoms with E-state index in [-0.39, 0.29) is 0 Å². The van der Waals surface area contributed by atoms with Gasteiger partial charge in [0.2, 0.25) is 5.92 Å². The van der Waals surface area contributed by atoms with Gasteiger partial charge in [0.15, 0.2) is 5.78 Å². The molecule has 0 aliphatic carbocycles. The molecule has 1 atom stereocenters. The number of carbonyl (C=O) groups excluding carboxylic acids is 2. The molecule has 1 aliphatic heterocycles. The van der Waals surface area contributed by atoms with E-state index in [0.717, 1.165) is 6.08 Å². The van der Waals surface area contributed by atoms with Crippen molar-refractivity contribution in [2.24, 2.45) is 16.1 Å². The molecule has 6 nitrogen and oxygen atoms in total. The molecule has 0 aromatic rings. The van der Waals surface area contributed by atoms with Crippen molar-refractivity contribution >= 4 is 17.7 Å². The quantitative estimate of drug-likeness (QED) is 0.750. The number of amides is 1. The SMILES string of the molecule is O=C(O)C1C(=O)\C=C/C=C\C=C\C=C\C=C\C=C/C=C/N=NC1=O. The smallest absolute Gasteiger partial charge is 0.324 e. The van der Waals surface area contributed by atoms with Gasteiger partial charge < -0.3 is 5.11 Å². The first kappa shape index (κ1) is 18.6. The number of carboxylic acid groups (broad SMARTS) is 1. The molecule has 1 amide bonds. The van der Waals surface area contributed by atoms with Crippen LogP contribution in [0.25, 0.3) is 0 Å². The molecular formula is C18H16N2O4. The van der Waals surface area contributed by atoms with E-state index in [4.69, 9.17) is 5.11 Å². The van der Waals surface area contributed by atoms with Crippen molar-refractivity contribution in [3.8, 4) is 0 Å². The number of carbonyl (C=O) groups is 3. The zero-order valence-electron chi connectivity index (χ0n) is 12.7. The number of carboxylic acids is 1. The number of rotatable bonds is 1. The van der Waals surface area contributed by atoms with E-state index in [0.29, 0.717) is 0 Å². The van der Waals surface area contributed by atoms with Crippen LogP contribution in [0.4, 0.5) is 0 Å². The van der Waals surface area contributed by atoms with Crippen molar-refractivity contribution < 1.29 is 19.5 Å². The Kier molecular flexibility index (Phi) is 8.70. The molecule has 1 N–H and O–H groups in total. The van der Waals surface area contributed by atoms with Gasteiger partial charge in [-0.3, -0.25) is 14.4 Å². The summed E-state index contributed by atoms with van der Waals surface area (Å²) in [7, 11) is 0. The third kappa shape index (κ3) is 7.56. The zero-order chi connectivity index (χ0) is 17.6. The molecule has 24 heavy (non-hydrogen) atoms. The van der Waals surface area contributed by atoms with Crippen molar-refractivity contribution in [3.63, 3.8) is 0 Å². The fourth-order valence-electron chi connectivity index (χ4n) is 1.47. The molecule has 0 saturated heterocycles. The predicted octanol–water partition coefficient (Wildman–Crippen LogP) is 3.10. The van der Waals surface area contributed by atoms with Crippen LogP contribution in [0, 0.1) is 5.92 Å². The first-order valence-electron chi connectivity index (χ1n) is 7.01. The summed E-state index contributed by atoms with van der Waals surface area (Å²) >= 11 is 0. The molecule has 6 heteroatoms. The van der Waals surface area contributed by atoms with Gasteiger partial charge in [-0.05, 0) is 12.2 Å². The Labute approximate surface area is 139 Å². The standard InChI is InChI=1S/C18H16N2O4/c21-15-13-11-9-7-5-3-1-2-4-6-8-10-12-14-19-20-17(22)16(15)18(23)24/h1-14,16H,(H,23,24)/b2-1+,5-3+,6-4+,9-7-,10-8-,13-11-,14-12+,20-19?. The molecule has 0 bridgehead atoms. The highest BCUT2D eigenvalue weighted by Crippen LogP contribution is 2.05. The Hall–Kier alpha value is -3.41. The lowest BCUT2D eigenvalue weighted by atomic mass is 10.0. The molecule has 0 fully saturated rings. The second-order valence-corrected chi connectivity index (χ2v) is 4.35. The largest absolute Gasteiger partial charge is 0.480 e. The van der Waals surface area contributed by atoms with Gasteiger partial charge in [0, 0.05) is 6.20 Å². The predicted molar refractivity (Wildman–Crippen MR) is 90.0 cm³/mol. The van der Waals surface area contributed by atoms with E-state index in [1.54, 1.807) is 42.5 Å². The van der Waals surface area contributed by atoms with Crippen molar-refractivity contribution in [1.29, 1.82) is 0 Å². The van der Waals surface area contributed by atoms with Crippen LogP contribution >= 0.6 is 0 Å². The first-order chi connectivity index (χ1) is 11.6. The number of azo groups is 1. The third-order valence-corrected chi connectivity index (χ3v) is 2.57. The summed E-state index contributed by atoms with van der Waals surface area (Å²) in [6, 6.07) is 0. The summed E-state index contributed by atoms with van der Waals surface area (Å²) in [4.78, 5) is 34.6. The van der Waals surface area contributed by atoms with Crippen LogP contribution in [0.2, 0.25) is 0 Å². The van der Waals surface area contributed by atoms with Gasteiger partial charge in [-0.15, -0.1) is 5.11 Å². The topological polar surface area (TPSA) is 96.2 Å². The van der Waals surface area contributed by atoms with Crippen molar-refractivity contribution in [2.75, 3.05) is 0 Å². The van der Waals surface area contributed by atoms with Gasteiger partial charge in [-0.1, -0.05) is 66.8 Å². The Balaban J connectivity index is 3.02. The highest BCUT2D eigenvalue weighted by atomic mass is 16.4. The fraction of sp³-hybridized carbons (Fsp3) is 0.0556. The summed E-state index contributed by atoms with van der Waals surface area (Å²) in [5.74, 6) is -5.46. The van der Waals surface area contributed by atoms with Gasteiger partial charge in [0.25, 0.3) is 5.91 Å². The van der Waals surface area contributed by atoms with Crippen molar-refractivity contribution in [2.45, 2.75) is 0 Å². The van der Waals surface area contributed by atoms with Crippen LogP contribution in [0.15, 0.2) is 95.4 Å². The zero-order valence-corrected chi connectivity index (χ0v) is 12.7. The number of allylic oxidation sites excluding steroid dienone is 13. The number of nitrogens with zero attached hydrogens (tertiary/aromatic N) is 2. The maximum Gasteiger partial charge on any atom is 0.324 e. The minimum absolute atomic E-state index is 0.869. The molecule has 0 saturated carbocycles. The minimum Gasteiger partial charge on any atom is -0.480 e. The summed E-state index contributed by atoms with van der Waals surface area (Å²) in [6.45, 7) is 0. The van der Waals surface area contributed by atoms with Gasteiger partial charge in [0.1, 0.15) is 0 Å². The van der Waals surface area contributed by atoms with Gasteiger partial charge in [0.05, 0.1) is 0 Å².